The maximum absolute atomic E-state index is 13.0. The fourth-order valence-corrected chi connectivity index (χ4v) is 2.14. The van der Waals surface area contributed by atoms with Crippen molar-refractivity contribution in [3.8, 4) is 5.75 Å². The molecule has 0 unspecified atom stereocenters. The average Bonchev–Trinajstić information content (AvgIpc) is 2.45. The lowest BCUT2D eigenvalue weighted by molar-refractivity contribution is 0.304. The molecule has 19 heavy (non-hydrogen) atoms. The Hall–Kier alpha value is -1.94. The predicted octanol–water partition coefficient (Wildman–Crippen LogP) is 2.46. The summed E-state index contributed by atoms with van der Waals surface area (Å²) in [5.74, 6) is 0.238. The van der Waals surface area contributed by atoms with E-state index in [4.69, 9.17) is 4.74 Å². The third-order valence-corrected chi connectivity index (χ3v) is 3.11. The van der Waals surface area contributed by atoms with Crippen molar-refractivity contribution in [3.05, 3.63) is 59.2 Å². The molecule has 0 bridgehead atoms. The topological polar surface area (TPSA) is 36.2 Å². The van der Waals surface area contributed by atoms with Crippen LogP contribution < -0.4 is 10.1 Å². The minimum absolute atomic E-state index is 0.292. The van der Waals surface area contributed by atoms with Gasteiger partial charge in [0.2, 0.25) is 0 Å². The van der Waals surface area contributed by atoms with Crippen molar-refractivity contribution in [3.63, 3.8) is 0 Å². The van der Waals surface area contributed by atoms with Crippen LogP contribution in [0.4, 0.5) is 4.39 Å². The minimum Gasteiger partial charge on any atom is -0.489 e. The lowest BCUT2D eigenvalue weighted by Gasteiger charge is -2.15. The minimum atomic E-state index is -0.292. The summed E-state index contributed by atoms with van der Waals surface area (Å²) in [7, 11) is 0. The largest absolute Gasteiger partial charge is 0.489 e. The lowest BCUT2D eigenvalue weighted by Crippen LogP contribution is -2.19. The Morgan fingerprint density at radius 1 is 1.26 bits per heavy atom. The third kappa shape index (κ3) is 2.90. The molecule has 2 heterocycles. The van der Waals surface area contributed by atoms with E-state index in [1.165, 1.54) is 17.7 Å². The van der Waals surface area contributed by atoms with Gasteiger partial charge in [-0.3, -0.25) is 4.98 Å². The molecule has 1 aliphatic heterocycles. The van der Waals surface area contributed by atoms with Gasteiger partial charge >= 0.3 is 0 Å². The fourth-order valence-electron chi connectivity index (χ4n) is 2.14. The van der Waals surface area contributed by atoms with Gasteiger partial charge in [-0.15, -0.1) is 0 Å². The molecule has 0 saturated heterocycles. The Balaban J connectivity index is 1.70. The van der Waals surface area contributed by atoms with E-state index < -0.39 is 0 Å². The van der Waals surface area contributed by atoms with Crippen molar-refractivity contribution in [1.29, 1.82) is 0 Å². The van der Waals surface area contributed by atoms with Crippen molar-refractivity contribution in [1.82, 2.24) is 10.3 Å². The van der Waals surface area contributed by atoms with Crippen molar-refractivity contribution >= 4 is 0 Å². The molecular formula is C15H14FN2O. The highest BCUT2D eigenvalue weighted by molar-refractivity contribution is 5.28. The summed E-state index contributed by atoms with van der Waals surface area (Å²) in [6, 6.07) is 8.22. The second kappa shape index (κ2) is 5.36. The number of hydrogen-bond donors (Lipinski definition) is 0. The average molecular weight is 257 g/mol. The standard InChI is InChI=1S/C15H14FN2O/c16-13-2-1-3-14(7-13)19-10-11-6-12-9-17-5-4-15(12)18-8-11/h1-3,6-8H,4-5,9-10H2. The van der Waals surface area contributed by atoms with Crippen LogP contribution in [0.1, 0.15) is 16.8 Å². The van der Waals surface area contributed by atoms with Gasteiger partial charge in [0.05, 0.1) is 0 Å². The highest BCUT2D eigenvalue weighted by Crippen LogP contribution is 2.17. The van der Waals surface area contributed by atoms with Crippen molar-refractivity contribution in [2.24, 2.45) is 0 Å². The van der Waals surface area contributed by atoms with Crippen LogP contribution in [0, 0.1) is 5.82 Å². The van der Waals surface area contributed by atoms with E-state index in [1.807, 2.05) is 6.20 Å². The smallest absolute Gasteiger partial charge is 0.126 e. The van der Waals surface area contributed by atoms with Gasteiger partial charge in [-0.2, -0.15) is 0 Å². The molecule has 4 heteroatoms. The first-order valence-corrected chi connectivity index (χ1v) is 6.29. The zero-order valence-corrected chi connectivity index (χ0v) is 10.5. The molecule has 0 fully saturated rings. The number of pyridine rings is 1. The van der Waals surface area contributed by atoms with Crippen LogP contribution in [-0.4, -0.2) is 11.5 Å². The Bertz CT molecular complexity index is 586. The van der Waals surface area contributed by atoms with Gasteiger partial charge in [0.15, 0.2) is 0 Å². The van der Waals surface area contributed by atoms with Crippen LogP contribution in [-0.2, 0) is 19.6 Å². The Morgan fingerprint density at radius 2 is 2.21 bits per heavy atom. The third-order valence-electron chi connectivity index (χ3n) is 3.11. The zero-order valence-electron chi connectivity index (χ0n) is 10.5. The summed E-state index contributed by atoms with van der Waals surface area (Å²) in [4.78, 5) is 4.43. The van der Waals surface area contributed by atoms with Gasteiger partial charge in [0, 0.05) is 43.0 Å². The van der Waals surface area contributed by atoms with Crippen LogP contribution in [0.5, 0.6) is 5.75 Å². The van der Waals surface area contributed by atoms with E-state index in [0.717, 1.165) is 30.8 Å². The fraction of sp³-hybridized carbons (Fsp3) is 0.267. The number of halogens is 1. The molecule has 2 aromatic rings. The second-order valence-corrected chi connectivity index (χ2v) is 4.55. The number of hydrogen-bond acceptors (Lipinski definition) is 2. The van der Waals surface area contributed by atoms with E-state index in [-0.39, 0.29) is 5.82 Å². The van der Waals surface area contributed by atoms with Crippen LogP contribution in [0.2, 0.25) is 0 Å². The summed E-state index contributed by atoms with van der Waals surface area (Å²) >= 11 is 0. The van der Waals surface area contributed by atoms with Crippen molar-refractivity contribution < 1.29 is 9.13 Å². The Morgan fingerprint density at radius 3 is 3.11 bits per heavy atom. The first kappa shape index (κ1) is 12.1. The Kier molecular flexibility index (Phi) is 3.42. The molecule has 1 aliphatic rings. The molecule has 0 atom stereocenters. The second-order valence-electron chi connectivity index (χ2n) is 4.55. The van der Waals surface area contributed by atoms with Crippen LogP contribution in [0.25, 0.3) is 0 Å². The van der Waals surface area contributed by atoms with Crippen molar-refractivity contribution in [2.75, 3.05) is 6.54 Å². The van der Waals surface area contributed by atoms with Crippen molar-refractivity contribution in [2.45, 2.75) is 19.6 Å². The molecule has 3 rings (SSSR count). The molecule has 0 amide bonds. The molecule has 1 radical (unpaired) electrons. The van der Waals surface area contributed by atoms with Gasteiger partial charge in [-0.05, 0) is 23.8 Å². The van der Waals surface area contributed by atoms with E-state index in [9.17, 15) is 4.39 Å². The highest BCUT2D eigenvalue weighted by Gasteiger charge is 2.11. The zero-order chi connectivity index (χ0) is 13.1. The van der Waals surface area contributed by atoms with Gasteiger partial charge in [0.1, 0.15) is 18.2 Å². The number of ether oxygens (including phenoxy) is 1. The van der Waals surface area contributed by atoms with Gasteiger partial charge in [-0.1, -0.05) is 6.07 Å². The number of rotatable bonds is 3. The molecule has 97 valence electrons. The maximum Gasteiger partial charge on any atom is 0.126 e. The van der Waals surface area contributed by atoms with E-state index >= 15 is 0 Å². The van der Waals surface area contributed by atoms with E-state index in [1.54, 1.807) is 12.1 Å². The summed E-state index contributed by atoms with van der Waals surface area (Å²) in [5, 5.41) is 4.36. The summed E-state index contributed by atoms with van der Waals surface area (Å²) in [6.45, 7) is 1.99. The maximum atomic E-state index is 13.0. The summed E-state index contributed by atoms with van der Waals surface area (Å²) in [6.07, 6.45) is 2.74. The van der Waals surface area contributed by atoms with Crippen LogP contribution in [0.15, 0.2) is 36.5 Å². The summed E-state index contributed by atoms with van der Waals surface area (Å²) in [5.41, 5.74) is 3.29. The Labute approximate surface area is 111 Å². The lowest BCUT2D eigenvalue weighted by atomic mass is 10.1. The van der Waals surface area contributed by atoms with Gasteiger partial charge in [-0.25, -0.2) is 9.71 Å². The molecule has 1 aromatic heterocycles. The molecule has 3 nitrogen and oxygen atoms in total. The van der Waals surface area contributed by atoms with Crippen LogP contribution >= 0.6 is 0 Å². The molecular weight excluding hydrogens is 243 g/mol. The SMILES string of the molecule is Fc1cccc(OCc2cnc3c(c2)C[N]CC3)c1. The quantitative estimate of drug-likeness (QED) is 0.846. The number of nitrogens with zero attached hydrogens (tertiary/aromatic N) is 2. The van der Waals surface area contributed by atoms with E-state index in [2.05, 4.69) is 16.4 Å². The summed E-state index contributed by atoms with van der Waals surface area (Å²) < 4.78 is 18.6. The first-order valence-electron chi connectivity index (χ1n) is 6.29. The number of benzene rings is 1. The van der Waals surface area contributed by atoms with Gasteiger partial charge < -0.3 is 4.74 Å². The first-order chi connectivity index (χ1) is 9.31. The highest BCUT2D eigenvalue weighted by atomic mass is 19.1. The normalized spacial score (nSPS) is 13.9. The molecule has 0 N–H and O–H groups in total. The van der Waals surface area contributed by atoms with E-state index in [0.29, 0.717) is 12.4 Å². The molecule has 0 aliphatic carbocycles. The predicted molar refractivity (Wildman–Crippen MR) is 69.4 cm³/mol. The monoisotopic (exact) mass is 257 g/mol. The molecule has 1 aromatic carbocycles. The molecule has 0 saturated carbocycles. The molecule has 0 spiro atoms. The number of fused-ring (bicyclic) bond motifs is 1. The number of aromatic nitrogens is 1. The van der Waals surface area contributed by atoms with Gasteiger partial charge in [0.25, 0.3) is 0 Å². The van der Waals surface area contributed by atoms with Crippen LogP contribution in [0.3, 0.4) is 0 Å².